The van der Waals surface area contributed by atoms with Gasteiger partial charge in [-0.2, -0.15) is 0 Å². The van der Waals surface area contributed by atoms with Gasteiger partial charge in [-0.1, -0.05) is 36.0 Å². The van der Waals surface area contributed by atoms with Crippen molar-refractivity contribution >= 4 is 16.9 Å². The van der Waals surface area contributed by atoms with Crippen molar-refractivity contribution in [1.82, 2.24) is 5.32 Å². The highest BCUT2D eigenvalue weighted by Gasteiger charge is 2.56. The van der Waals surface area contributed by atoms with E-state index in [2.05, 4.69) is 10.3 Å². The number of benzene rings is 1. The Hall–Kier alpha value is -1.17. The third kappa shape index (κ3) is 1.70. The van der Waals surface area contributed by atoms with Gasteiger partial charge >= 0.3 is 5.92 Å². The number of hydrogen-bond acceptors (Lipinski definition) is 3. The van der Waals surface area contributed by atoms with E-state index in [1.54, 1.807) is 18.2 Å². The maximum Gasteiger partial charge on any atom is 0.306 e. The highest BCUT2D eigenvalue weighted by atomic mass is 32.2. The van der Waals surface area contributed by atoms with E-state index in [1.807, 2.05) is 0 Å². The number of halogens is 3. The second-order valence-corrected chi connectivity index (χ2v) is 5.36. The molecule has 3 rings (SSSR count). The van der Waals surface area contributed by atoms with Crippen molar-refractivity contribution in [1.29, 1.82) is 0 Å². The van der Waals surface area contributed by atoms with Gasteiger partial charge in [0, 0.05) is 5.75 Å². The summed E-state index contributed by atoms with van der Waals surface area (Å²) < 4.78 is 41.7. The predicted octanol–water partition coefficient (Wildman–Crippen LogP) is 3.08. The minimum Gasteiger partial charge on any atom is -0.352 e. The first-order valence-corrected chi connectivity index (χ1v) is 6.64. The highest BCUT2D eigenvalue weighted by molar-refractivity contribution is 8.14. The number of hydrogen-bond donors (Lipinski definition) is 1. The molecule has 0 saturated carbocycles. The van der Waals surface area contributed by atoms with E-state index in [4.69, 9.17) is 0 Å². The molecular weight excluding hydrogens is 261 g/mol. The molecule has 1 aliphatic heterocycles. The first-order valence-electron chi connectivity index (χ1n) is 5.65. The summed E-state index contributed by atoms with van der Waals surface area (Å²) in [5.41, 5.74) is 0.397. The summed E-state index contributed by atoms with van der Waals surface area (Å²) in [5.74, 6) is -2.66. The molecule has 2 unspecified atom stereocenters. The summed E-state index contributed by atoms with van der Waals surface area (Å²) >= 11 is 1.39. The van der Waals surface area contributed by atoms with Crippen LogP contribution in [0.2, 0.25) is 0 Å². The number of nitrogens with zero attached hydrogens (tertiary/aromatic N) is 1. The zero-order valence-corrected chi connectivity index (χ0v) is 10.2. The van der Waals surface area contributed by atoms with Crippen molar-refractivity contribution in [3.8, 4) is 0 Å². The third-order valence-electron chi connectivity index (χ3n) is 3.16. The first kappa shape index (κ1) is 11.9. The van der Waals surface area contributed by atoms with Crippen molar-refractivity contribution in [2.45, 2.75) is 18.1 Å². The fraction of sp³-hybridized carbons (Fsp3) is 0.417. The normalized spacial score (nSPS) is 28.9. The fourth-order valence-electron chi connectivity index (χ4n) is 2.29. The van der Waals surface area contributed by atoms with Crippen LogP contribution in [0, 0.1) is 0 Å². The first-order chi connectivity index (χ1) is 8.60. The van der Waals surface area contributed by atoms with Crippen molar-refractivity contribution in [2.75, 3.05) is 12.3 Å². The molecule has 0 saturated heterocycles. The maximum absolute atomic E-state index is 13.9. The van der Waals surface area contributed by atoms with E-state index >= 15 is 0 Å². The number of rotatable bonds is 1. The fourth-order valence-corrected chi connectivity index (χ4v) is 3.05. The van der Waals surface area contributed by atoms with E-state index in [0.717, 1.165) is 5.75 Å². The Kier molecular flexibility index (Phi) is 2.77. The molecule has 0 amide bonds. The van der Waals surface area contributed by atoms with E-state index in [9.17, 15) is 13.2 Å². The van der Waals surface area contributed by atoms with Gasteiger partial charge in [-0.05, 0) is 11.1 Å². The van der Waals surface area contributed by atoms with Gasteiger partial charge in [0.15, 0.2) is 11.3 Å². The molecule has 2 aliphatic rings. The molecule has 1 aromatic rings. The van der Waals surface area contributed by atoms with Crippen LogP contribution >= 0.6 is 11.8 Å². The summed E-state index contributed by atoms with van der Waals surface area (Å²) in [7, 11) is 0. The monoisotopic (exact) mass is 272 g/mol. The molecule has 2 nitrogen and oxygen atoms in total. The van der Waals surface area contributed by atoms with Crippen molar-refractivity contribution < 1.29 is 13.2 Å². The second kappa shape index (κ2) is 4.19. The van der Waals surface area contributed by atoms with Crippen LogP contribution in [0.25, 0.3) is 0 Å². The minimum atomic E-state index is -3.44. The van der Waals surface area contributed by atoms with Crippen LogP contribution in [0.4, 0.5) is 13.2 Å². The zero-order chi connectivity index (χ0) is 12.8. The summed E-state index contributed by atoms with van der Waals surface area (Å²) in [5, 5.41) is 3.15. The van der Waals surface area contributed by atoms with Gasteiger partial charge in [0.2, 0.25) is 0 Å². The van der Waals surface area contributed by atoms with Crippen LogP contribution in [-0.2, 0) is 0 Å². The Morgan fingerprint density at radius 3 is 2.67 bits per heavy atom. The van der Waals surface area contributed by atoms with Crippen LogP contribution in [0.3, 0.4) is 0 Å². The average Bonchev–Trinajstić information content (AvgIpc) is 2.93. The lowest BCUT2D eigenvalue weighted by atomic mass is 10.1. The molecule has 2 atom stereocenters. The zero-order valence-electron chi connectivity index (χ0n) is 9.37. The van der Waals surface area contributed by atoms with E-state index in [1.165, 1.54) is 17.8 Å². The largest absolute Gasteiger partial charge is 0.352 e. The maximum atomic E-state index is 13.9. The third-order valence-corrected chi connectivity index (χ3v) is 4.06. The Morgan fingerprint density at radius 1 is 1.28 bits per heavy atom. The predicted molar refractivity (Wildman–Crippen MR) is 65.9 cm³/mol. The highest BCUT2D eigenvalue weighted by Crippen LogP contribution is 2.52. The SMILES string of the molecule is FC1c2ccccc2C(NC2=NCCS2)C1(F)F. The van der Waals surface area contributed by atoms with Crippen LogP contribution in [0.1, 0.15) is 23.3 Å². The molecule has 0 radical (unpaired) electrons. The van der Waals surface area contributed by atoms with Crippen molar-refractivity contribution in [2.24, 2.45) is 4.99 Å². The molecule has 1 N–H and O–H groups in total. The quantitative estimate of drug-likeness (QED) is 0.849. The van der Waals surface area contributed by atoms with Crippen LogP contribution < -0.4 is 5.32 Å². The van der Waals surface area contributed by atoms with Gasteiger partial charge in [-0.15, -0.1) is 0 Å². The molecule has 0 bridgehead atoms. The number of amidine groups is 1. The summed E-state index contributed by atoms with van der Waals surface area (Å²) in [6.07, 6.45) is -2.25. The average molecular weight is 272 g/mol. The van der Waals surface area contributed by atoms with Gasteiger partial charge in [0.25, 0.3) is 0 Å². The topological polar surface area (TPSA) is 24.4 Å². The molecule has 1 aromatic carbocycles. The summed E-state index contributed by atoms with van der Waals surface area (Å²) in [6.45, 7) is 0.617. The van der Waals surface area contributed by atoms with E-state index < -0.39 is 18.1 Å². The molecule has 1 aliphatic carbocycles. The molecule has 0 fully saturated rings. The minimum absolute atomic E-state index is 0.0728. The lowest BCUT2D eigenvalue weighted by molar-refractivity contribution is -0.0853. The molecule has 0 aromatic heterocycles. The van der Waals surface area contributed by atoms with Crippen LogP contribution in [-0.4, -0.2) is 23.4 Å². The Balaban J connectivity index is 1.96. The molecule has 96 valence electrons. The van der Waals surface area contributed by atoms with Crippen molar-refractivity contribution in [3.05, 3.63) is 35.4 Å². The molecule has 1 heterocycles. The Labute approximate surface area is 107 Å². The number of nitrogens with one attached hydrogen (secondary N) is 1. The van der Waals surface area contributed by atoms with Gasteiger partial charge in [0.05, 0.1) is 6.54 Å². The van der Waals surface area contributed by atoms with Gasteiger partial charge in [-0.25, -0.2) is 13.2 Å². The molecule has 6 heteroatoms. The molecule has 0 spiro atoms. The standard InChI is InChI=1S/C12H11F3N2S/c13-9-7-3-1-2-4-8(7)10(12(9,14)15)17-11-16-5-6-18-11/h1-4,9-10H,5-6H2,(H,16,17). The summed E-state index contributed by atoms with van der Waals surface area (Å²) in [4.78, 5) is 4.08. The number of alkyl halides is 3. The molecule has 18 heavy (non-hydrogen) atoms. The lowest BCUT2D eigenvalue weighted by Crippen LogP contribution is -2.37. The van der Waals surface area contributed by atoms with Gasteiger partial charge in [0.1, 0.15) is 6.04 Å². The smallest absolute Gasteiger partial charge is 0.306 e. The summed E-state index contributed by atoms with van der Waals surface area (Å²) in [6, 6.07) is 4.85. The lowest BCUT2D eigenvalue weighted by Gasteiger charge is -2.22. The van der Waals surface area contributed by atoms with Crippen LogP contribution in [0.15, 0.2) is 29.3 Å². The number of aliphatic imine (C=N–C) groups is 1. The van der Waals surface area contributed by atoms with Crippen molar-refractivity contribution in [3.63, 3.8) is 0 Å². The Bertz CT molecular complexity index is 504. The number of thioether (sulfide) groups is 1. The van der Waals surface area contributed by atoms with Gasteiger partial charge in [-0.3, -0.25) is 4.99 Å². The van der Waals surface area contributed by atoms with Crippen LogP contribution in [0.5, 0.6) is 0 Å². The van der Waals surface area contributed by atoms with E-state index in [0.29, 0.717) is 17.3 Å². The van der Waals surface area contributed by atoms with E-state index in [-0.39, 0.29) is 5.56 Å². The second-order valence-electron chi connectivity index (χ2n) is 4.28. The van der Waals surface area contributed by atoms with Gasteiger partial charge < -0.3 is 5.32 Å². The molecular formula is C12H11F3N2S. The Morgan fingerprint density at radius 2 is 2.00 bits per heavy atom. The number of fused-ring (bicyclic) bond motifs is 1.